The van der Waals surface area contributed by atoms with Crippen LogP contribution in [0.5, 0.6) is 0 Å². The van der Waals surface area contributed by atoms with Crippen LogP contribution < -0.4 is 0 Å². The zero-order valence-electron chi connectivity index (χ0n) is 19.3. The molecule has 34 heavy (non-hydrogen) atoms. The average Bonchev–Trinajstić information content (AvgIpc) is 3.12. The Balaban J connectivity index is 1.79. The maximum absolute atomic E-state index is 11.5. The molecule has 0 radical (unpaired) electrons. The molecule has 0 heterocycles. The quantitative estimate of drug-likeness (QED) is 0.146. The van der Waals surface area contributed by atoms with Crippen LogP contribution in [0.4, 0.5) is 5.69 Å². The van der Waals surface area contributed by atoms with Gasteiger partial charge in [-0.1, -0.05) is 24.3 Å². The van der Waals surface area contributed by atoms with Crippen molar-refractivity contribution in [1.82, 2.24) is 0 Å². The number of non-ortho nitro benzene ring substituents is 1. The van der Waals surface area contributed by atoms with Crippen LogP contribution in [-0.4, -0.2) is 64.9 Å². The average molecular weight is 475 g/mol. The van der Waals surface area contributed by atoms with Crippen molar-refractivity contribution in [3.63, 3.8) is 0 Å². The minimum Gasteiger partial charge on any atom is -0.382 e. The van der Waals surface area contributed by atoms with E-state index in [0.717, 1.165) is 22.3 Å². The standard InChI is InChI=1S/C24H30N2O8/c1-30-12-13-33-15-14-31-10-8-24(9-11-32-16-17-34-25-27)22-5-3-2-4-20(22)21-7-6-19(26(28)29)18-23(21)24/h2-7,18H,8-17H2,1H3. The van der Waals surface area contributed by atoms with E-state index in [2.05, 4.69) is 16.2 Å². The molecule has 1 atom stereocenters. The fourth-order valence-corrected chi connectivity index (χ4v) is 4.41. The molecule has 2 aromatic carbocycles. The highest BCUT2D eigenvalue weighted by molar-refractivity contribution is 5.82. The molecule has 184 valence electrons. The van der Waals surface area contributed by atoms with Gasteiger partial charge in [-0.05, 0) is 41.2 Å². The summed E-state index contributed by atoms with van der Waals surface area (Å²) < 4.78 is 22.0. The summed E-state index contributed by atoms with van der Waals surface area (Å²) in [6.45, 7) is 3.06. The van der Waals surface area contributed by atoms with Gasteiger partial charge in [-0.3, -0.25) is 10.1 Å². The van der Waals surface area contributed by atoms with E-state index in [-0.39, 0.29) is 23.8 Å². The molecule has 0 amide bonds. The Bertz CT molecular complexity index is 954. The van der Waals surface area contributed by atoms with Gasteiger partial charge < -0.3 is 23.8 Å². The van der Waals surface area contributed by atoms with Crippen molar-refractivity contribution in [2.24, 2.45) is 5.34 Å². The highest BCUT2D eigenvalue weighted by Crippen LogP contribution is 2.53. The Morgan fingerprint density at radius 2 is 1.44 bits per heavy atom. The molecular weight excluding hydrogens is 444 g/mol. The fourth-order valence-electron chi connectivity index (χ4n) is 4.41. The molecule has 0 bridgehead atoms. The van der Waals surface area contributed by atoms with E-state index >= 15 is 0 Å². The van der Waals surface area contributed by atoms with Gasteiger partial charge in [-0.15, -0.1) is 4.91 Å². The van der Waals surface area contributed by atoms with Gasteiger partial charge in [0, 0.05) is 37.9 Å². The molecule has 10 heteroatoms. The van der Waals surface area contributed by atoms with Gasteiger partial charge in [0.1, 0.15) is 6.61 Å². The van der Waals surface area contributed by atoms with Crippen LogP contribution in [0, 0.1) is 15.0 Å². The lowest BCUT2D eigenvalue weighted by atomic mass is 9.73. The first-order valence-electron chi connectivity index (χ1n) is 11.2. The van der Waals surface area contributed by atoms with Crippen LogP contribution >= 0.6 is 0 Å². The Kier molecular flexibility index (Phi) is 9.89. The van der Waals surface area contributed by atoms with Crippen molar-refractivity contribution in [2.75, 3.05) is 60.0 Å². The molecule has 1 unspecified atom stereocenters. The molecule has 2 aromatic rings. The van der Waals surface area contributed by atoms with Crippen molar-refractivity contribution >= 4 is 5.69 Å². The lowest BCUT2D eigenvalue weighted by Crippen LogP contribution is -2.29. The van der Waals surface area contributed by atoms with Gasteiger partial charge in [0.05, 0.1) is 38.0 Å². The van der Waals surface area contributed by atoms with Crippen LogP contribution in [0.2, 0.25) is 0 Å². The van der Waals surface area contributed by atoms with Crippen LogP contribution in [0.1, 0.15) is 24.0 Å². The SMILES string of the molecule is COCCOCCOCCC1(CCOCCON=O)c2ccccc2-c2ccc([N+](=O)[O-])cc21. The summed E-state index contributed by atoms with van der Waals surface area (Å²) >= 11 is 0. The number of rotatable bonds is 17. The zero-order valence-corrected chi connectivity index (χ0v) is 19.3. The van der Waals surface area contributed by atoms with Crippen molar-refractivity contribution in [3.8, 4) is 11.1 Å². The summed E-state index contributed by atoms with van der Waals surface area (Å²) in [6, 6.07) is 13.1. The molecule has 10 nitrogen and oxygen atoms in total. The Morgan fingerprint density at radius 1 is 0.824 bits per heavy atom. The predicted molar refractivity (Wildman–Crippen MR) is 125 cm³/mol. The van der Waals surface area contributed by atoms with E-state index in [0.29, 0.717) is 52.5 Å². The number of fused-ring (bicyclic) bond motifs is 3. The first kappa shape index (κ1) is 25.7. The molecule has 0 spiro atoms. The number of hydrogen-bond acceptors (Lipinski definition) is 9. The van der Waals surface area contributed by atoms with Crippen LogP contribution in [-0.2, 0) is 29.2 Å². The second-order valence-electron chi connectivity index (χ2n) is 7.85. The largest absolute Gasteiger partial charge is 0.382 e. The monoisotopic (exact) mass is 474 g/mol. The van der Waals surface area contributed by atoms with Gasteiger partial charge >= 0.3 is 0 Å². The lowest BCUT2D eigenvalue weighted by molar-refractivity contribution is -0.384. The second kappa shape index (κ2) is 13.1. The third kappa shape index (κ3) is 6.15. The first-order chi connectivity index (χ1) is 16.6. The Morgan fingerprint density at radius 3 is 2.12 bits per heavy atom. The fraction of sp³-hybridized carbons (Fsp3) is 0.500. The van der Waals surface area contributed by atoms with Gasteiger partial charge in [-0.25, -0.2) is 0 Å². The molecule has 3 rings (SSSR count). The third-order valence-corrected chi connectivity index (χ3v) is 5.98. The number of nitrogens with zero attached hydrogens (tertiary/aromatic N) is 2. The highest BCUT2D eigenvalue weighted by Gasteiger charge is 2.43. The summed E-state index contributed by atoms with van der Waals surface area (Å²) in [5.74, 6) is 0. The van der Waals surface area contributed by atoms with E-state index in [1.807, 2.05) is 24.3 Å². The number of methoxy groups -OCH3 is 1. The summed E-state index contributed by atoms with van der Waals surface area (Å²) in [5, 5.41) is 13.9. The van der Waals surface area contributed by atoms with E-state index in [9.17, 15) is 15.0 Å². The molecule has 0 saturated carbocycles. The van der Waals surface area contributed by atoms with E-state index in [1.165, 1.54) is 0 Å². The number of hydrogen-bond donors (Lipinski definition) is 0. The first-order valence-corrected chi connectivity index (χ1v) is 11.2. The zero-order chi connectivity index (χ0) is 24.2. The highest BCUT2D eigenvalue weighted by atomic mass is 16.7. The molecule has 0 saturated heterocycles. The maximum Gasteiger partial charge on any atom is 0.269 e. The predicted octanol–water partition coefficient (Wildman–Crippen LogP) is 4.04. The summed E-state index contributed by atoms with van der Waals surface area (Å²) in [4.78, 5) is 25.7. The molecule has 1 aliphatic carbocycles. The van der Waals surface area contributed by atoms with Crippen molar-refractivity contribution < 1.29 is 28.7 Å². The van der Waals surface area contributed by atoms with Crippen molar-refractivity contribution in [2.45, 2.75) is 18.3 Å². The number of nitro benzene ring substituents is 1. The third-order valence-electron chi connectivity index (χ3n) is 5.98. The summed E-state index contributed by atoms with van der Waals surface area (Å²) in [5.41, 5.74) is 3.58. The minimum absolute atomic E-state index is 0.0507. The van der Waals surface area contributed by atoms with E-state index < -0.39 is 5.41 Å². The summed E-state index contributed by atoms with van der Waals surface area (Å²) in [6.07, 6.45) is 1.20. The molecule has 0 aliphatic heterocycles. The van der Waals surface area contributed by atoms with Gasteiger partial charge in [-0.2, -0.15) is 0 Å². The van der Waals surface area contributed by atoms with Gasteiger partial charge in [0.2, 0.25) is 0 Å². The van der Waals surface area contributed by atoms with Crippen LogP contribution in [0.25, 0.3) is 11.1 Å². The molecule has 1 aliphatic rings. The van der Waals surface area contributed by atoms with Gasteiger partial charge in [0.25, 0.3) is 5.69 Å². The lowest BCUT2D eigenvalue weighted by Gasteiger charge is -2.32. The Hall–Kier alpha value is -2.92. The Labute approximate surface area is 198 Å². The van der Waals surface area contributed by atoms with Crippen LogP contribution in [0.3, 0.4) is 0 Å². The molecule has 0 fully saturated rings. The normalized spacial score (nSPS) is 16.1. The minimum atomic E-state index is -0.515. The molecular formula is C24H30N2O8. The van der Waals surface area contributed by atoms with Crippen molar-refractivity contribution in [3.05, 3.63) is 68.6 Å². The number of nitro groups is 1. The van der Waals surface area contributed by atoms with E-state index in [1.54, 1.807) is 19.2 Å². The summed E-state index contributed by atoms with van der Waals surface area (Å²) in [7, 11) is 1.62. The smallest absolute Gasteiger partial charge is 0.269 e. The topological polar surface area (TPSA) is 119 Å². The van der Waals surface area contributed by atoms with Crippen molar-refractivity contribution in [1.29, 1.82) is 0 Å². The number of benzene rings is 2. The maximum atomic E-state index is 11.5. The van der Waals surface area contributed by atoms with E-state index in [4.69, 9.17) is 18.9 Å². The number of ether oxygens (including phenoxy) is 4. The molecule has 0 N–H and O–H groups in total. The van der Waals surface area contributed by atoms with Crippen LogP contribution in [0.15, 0.2) is 47.8 Å². The van der Waals surface area contributed by atoms with Gasteiger partial charge in [0.15, 0.2) is 5.34 Å². The second-order valence-corrected chi connectivity index (χ2v) is 7.85. The molecule has 0 aromatic heterocycles.